The standard InChI is InChI=1S/C9H12ClN3O4S/c1-2-13(5-8(11)14)18(16,17)6-3-7(10)9(15)12-4-6/h3-4H,2,5H2,1H3,(H2,11,14)(H,12,15). The topological polar surface area (TPSA) is 113 Å². The minimum Gasteiger partial charge on any atom is -0.369 e. The maximum Gasteiger partial charge on any atom is 0.266 e. The number of pyridine rings is 1. The van der Waals surface area contributed by atoms with Gasteiger partial charge in [-0.3, -0.25) is 9.59 Å². The fraction of sp³-hybridized carbons (Fsp3) is 0.333. The number of carbonyl (C=O) groups excluding carboxylic acids is 1. The van der Waals surface area contributed by atoms with E-state index in [4.69, 9.17) is 17.3 Å². The summed E-state index contributed by atoms with van der Waals surface area (Å²) in [6.45, 7) is 1.20. The molecule has 0 bridgehead atoms. The summed E-state index contributed by atoms with van der Waals surface area (Å²) in [5.74, 6) is -0.768. The lowest BCUT2D eigenvalue weighted by Gasteiger charge is -2.18. The van der Waals surface area contributed by atoms with E-state index in [2.05, 4.69) is 4.98 Å². The van der Waals surface area contributed by atoms with Gasteiger partial charge in [-0.1, -0.05) is 18.5 Å². The van der Waals surface area contributed by atoms with Crippen LogP contribution < -0.4 is 11.3 Å². The summed E-state index contributed by atoms with van der Waals surface area (Å²) in [5.41, 5.74) is 4.38. The van der Waals surface area contributed by atoms with E-state index in [1.54, 1.807) is 6.92 Å². The van der Waals surface area contributed by atoms with Crippen LogP contribution in [0.25, 0.3) is 0 Å². The third-order valence-electron chi connectivity index (χ3n) is 2.15. The van der Waals surface area contributed by atoms with Crippen LogP contribution in [0.15, 0.2) is 22.0 Å². The van der Waals surface area contributed by atoms with Crippen molar-refractivity contribution in [2.75, 3.05) is 13.1 Å². The largest absolute Gasteiger partial charge is 0.369 e. The van der Waals surface area contributed by atoms with Crippen molar-refractivity contribution in [2.24, 2.45) is 5.73 Å². The van der Waals surface area contributed by atoms with E-state index in [0.717, 1.165) is 16.6 Å². The number of nitrogens with zero attached hydrogens (tertiary/aromatic N) is 1. The number of aromatic nitrogens is 1. The van der Waals surface area contributed by atoms with Crippen LogP contribution in [0.3, 0.4) is 0 Å². The average molecular weight is 294 g/mol. The van der Waals surface area contributed by atoms with Gasteiger partial charge in [0.25, 0.3) is 5.56 Å². The lowest BCUT2D eigenvalue weighted by atomic mass is 10.5. The minimum absolute atomic E-state index is 0.0714. The van der Waals surface area contributed by atoms with Gasteiger partial charge in [0.05, 0.1) is 11.4 Å². The monoisotopic (exact) mass is 293 g/mol. The van der Waals surface area contributed by atoms with Crippen molar-refractivity contribution in [1.29, 1.82) is 0 Å². The Kier molecular flexibility index (Phi) is 4.49. The minimum atomic E-state index is -3.91. The number of halogens is 1. The number of hydrogen-bond acceptors (Lipinski definition) is 4. The molecule has 0 saturated heterocycles. The second kappa shape index (κ2) is 5.51. The molecule has 18 heavy (non-hydrogen) atoms. The van der Waals surface area contributed by atoms with Crippen LogP contribution in [-0.4, -0.2) is 36.7 Å². The number of sulfonamides is 1. The number of amides is 1. The Morgan fingerprint density at radius 2 is 2.17 bits per heavy atom. The molecule has 0 atom stereocenters. The second-order valence-corrected chi connectivity index (χ2v) is 5.76. The van der Waals surface area contributed by atoms with Crippen LogP contribution in [0.2, 0.25) is 5.02 Å². The predicted octanol–water partition coefficient (Wildman–Crippen LogP) is -0.476. The van der Waals surface area contributed by atoms with Gasteiger partial charge in [0.15, 0.2) is 0 Å². The molecule has 1 aromatic rings. The molecule has 0 aromatic carbocycles. The molecular formula is C9H12ClN3O4S. The predicted molar refractivity (Wildman–Crippen MR) is 65.7 cm³/mol. The summed E-state index contributed by atoms with van der Waals surface area (Å²) in [7, 11) is -3.91. The fourth-order valence-corrected chi connectivity index (χ4v) is 2.92. The van der Waals surface area contributed by atoms with Gasteiger partial charge in [-0.25, -0.2) is 8.42 Å². The molecule has 1 aromatic heterocycles. The first kappa shape index (κ1) is 14.7. The fourth-order valence-electron chi connectivity index (χ4n) is 1.28. The molecular weight excluding hydrogens is 282 g/mol. The molecule has 0 radical (unpaired) electrons. The summed E-state index contributed by atoms with van der Waals surface area (Å²) in [6, 6.07) is 1.03. The zero-order chi connectivity index (χ0) is 13.9. The maximum absolute atomic E-state index is 12.1. The Morgan fingerprint density at radius 3 is 2.61 bits per heavy atom. The first-order valence-corrected chi connectivity index (χ1v) is 6.77. The lowest BCUT2D eigenvalue weighted by molar-refractivity contribution is -0.118. The number of hydrogen-bond donors (Lipinski definition) is 2. The molecule has 0 saturated carbocycles. The van der Waals surface area contributed by atoms with Crippen LogP contribution in [0, 0.1) is 0 Å². The number of H-pyrrole nitrogens is 1. The molecule has 100 valence electrons. The van der Waals surface area contributed by atoms with Gasteiger partial charge < -0.3 is 10.7 Å². The Hall–Kier alpha value is -1.38. The molecule has 0 aliphatic rings. The first-order chi connectivity index (χ1) is 8.28. The summed E-state index contributed by atoms with van der Waals surface area (Å²) in [5, 5.41) is -0.244. The highest BCUT2D eigenvalue weighted by Crippen LogP contribution is 2.15. The third kappa shape index (κ3) is 3.09. The zero-order valence-corrected chi connectivity index (χ0v) is 11.1. The molecule has 3 N–H and O–H groups in total. The Labute approximate surface area is 109 Å². The van der Waals surface area contributed by atoms with Crippen LogP contribution in [0.1, 0.15) is 6.92 Å². The number of carbonyl (C=O) groups is 1. The van der Waals surface area contributed by atoms with Crippen molar-refractivity contribution in [3.63, 3.8) is 0 Å². The van der Waals surface area contributed by atoms with Crippen molar-refractivity contribution in [3.05, 3.63) is 27.6 Å². The summed E-state index contributed by atoms with van der Waals surface area (Å²) in [4.78, 5) is 23.8. The van der Waals surface area contributed by atoms with E-state index in [9.17, 15) is 18.0 Å². The van der Waals surface area contributed by atoms with Crippen molar-refractivity contribution in [2.45, 2.75) is 11.8 Å². The van der Waals surface area contributed by atoms with Crippen molar-refractivity contribution in [3.8, 4) is 0 Å². The van der Waals surface area contributed by atoms with Crippen LogP contribution in [-0.2, 0) is 14.8 Å². The molecule has 1 rings (SSSR count). The second-order valence-electron chi connectivity index (χ2n) is 3.41. The van der Waals surface area contributed by atoms with Gasteiger partial charge >= 0.3 is 0 Å². The van der Waals surface area contributed by atoms with Gasteiger partial charge in [-0.05, 0) is 6.07 Å². The van der Waals surface area contributed by atoms with Crippen molar-refractivity contribution >= 4 is 27.5 Å². The average Bonchev–Trinajstić information content (AvgIpc) is 2.28. The summed E-state index contributed by atoms with van der Waals surface area (Å²) < 4.78 is 25.1. The molecule has 0 unspecified atom stereocenters. The molecule has 9 heteroatoms. The molecule has 0 aliphatic heterocycles. The SMILES string of the molecule is CCN(CC(N)=O)S(=O)(=O)c1c[nH]c(=O)c(Cl)c1. The first-order valence-electron chi connectivity index (χ1n) is 4.95. The number of likely N-dealkylation sites (N-methyl/N-ethyl adjacent to an activating group) is 1. The Morgan fingerprint density at radius 1 is 1.56 bits per heavy atom. The van der Waals surface area contributed by atoms with E-state index in [0.29, 0.717) is 0 Å². The lowest BCUT2D eigenvalue weighted by Crippen LogP contribution is -2.38. The molecule has 0 spiro atoms. The number of aromatic amines is 1. The zero-order valence-electron chi connectivity index (χ0n) is 9.51. The molecule has 0 aliphatic carbocycles. The van der Waals surface area contributed by atoms with E-state index >= 15 is 0 Å². The van der Waals surface area contributed by atoms with E-state index in [1.165, 1.54) is 0 Å². The number of primary amides is 1. The van der Waals surface area contributed by atoms with Gasteiger partial charge in [0.1, 0.15) is 5.02 Å². The van der Waals surface area contributed by atoms with E-state index < -0.39 is 28.0 Å². The Balaban J connectivity index is 3.22. The normalized spacial score (nSPS) is 11.7. The van der Waals surface area contributed by atoms with E-state index in [1.807, 2.05) is 0 Å². The van der Waals surface area contributed by atoms with Crippen LogP contribution in [0.5, 0.6) is 0 Å². The Bertz CT molecular complexity index is 610. The highest BCUT2D eigenvalue weighted by Gasteiger charge is 2.25. The number of nitrogens with two attached hydrogens (primary N) is 1. The smallest absolute Gasteiger partial charge is 0.266 e. The summed E-state index contributed by atoms with van der Waals surface area (Å²) >= 11 is 5.56. The molecule has 1 heterocycles. The maximum atomic E-state index is 12.1. The van der Waals surface area contributed by atoms with Gasteiger partial charge in [0.2, 0.25) is 15.9 Å². The van der Waals surface area contributed by atoms with Gasteiger partial charge in [-0.15, -0.1) is 0 Å². The molecule has 1 amide bonds. The number of rotatable bonds is 5. The quantitative estimate of drug-likeness (QED) is 0.763. The van der Waals surface area contributed by atoms with Crippen LogP contribution >= 0.6 is 11.6 Å². The van der Waals surface area contributed by atoms with Gasteiger partial charge in [-0.2, -0.15) is 4.31 Å². The number of nitrogens with one attached hydrogen (secondary N) is 1. The van der Waals surface area contributed by atoms with Crippen molar-refractivity contribution < 1.29 is 13.2 Å². The molecule has 7 nitrogen and oxygen atoms in total. The highest BCUT2D eigenvalue weighted by molar-refractivity contribution is 7.89. The molecule has 0 fully saturated rings. The van der Waals surface area contributed by atoms with Crippen molar-refractivity contribution in [1.82, 2.24) is 9.29 Å². The van der Waals surface area contributed by atoms with Crippen LogP contribution in [0.4, 0.5) is 0 Å². The van der Waals surface area contributed by atoms with E-state index in [-0.39, 0.29) is 16.5 Å². The highest BCUT2D eigenvalue weighted by atomic mass is 35.5. The third-order valence-corrected chi connectivity index (χ3v) is 4.33. The summed E-state index contributed by atoms with van der Waals surface area (Å²) in [6.07, 6.45) is 1.02. The van der Waals surface area contributed by atoms with Gasteiger partial charge in [0, 0.05) is 12.7 Å².